The molecule has 1 amide bonds. The number of carbonyl (C=O) groups is 1. The molecule has 0 aliphatic heterocycles. The van der Waals surface area contributed by atoms with Gasteiger partial charge in [0.25, 0.3) is 0 Å². The number of nitrogens with zero attached hydrogens (tertiary/aromatic N) is 2. The molecule has 1 heterocycles. The van der Waals surface area contributed by atoms with Crippen LogP contribution in [-0.2, 0) is 11.8 Å². The predicted molar refractivity (Wildman–Crippen MR) is 57.0 cm³/mol. The fourth-order valence-electron chi connectivity index (χ4n) is 1.44. The van der Waals surface area contributed by atoms with E-state index in [0.717, 1.165) is 17.4 Å². The Labute approximate surface area is 93.7 Å². The van der Waals surface area contributed by atoms with Crippen LogP contribution in [-0.4, -0.2) is 10.5 Å². The molecule has 84 valence electrons. The van der Waals surface area contributed by atoms with E-state index in [4.69, 9.17) is 0 Å². The minimum Gasteiger partial charge on any atom is -0.317 e. The molecule has 2 rings (SSSR count). The molecule has 0 radical (unpaired) electrons. The van der Waals surface area contributed by atoms with Crippen molar-refractivity contribution in [2.75, 3.05) is 0 Å². The summed E-state index contributed by atoms with van der Waals surface area (Å²) in [4.78, 5) is 14.9. The van der Waals surface area contributed by atoms with E-state index in [1.165, 1.54) is 17.6 Å². The Kier molecular flexibility index (Phi) is 2.59. The van der Waals surface area contributed by atoms with E-state index in [-0.39, 0.29) is 11.4 Å². The Balaban J connectivity index is 2.88. The molecule has 0 atom stereocenters. The van der Waals surface area contributed by atoms with Gasteiger partial charge in [-0.25, -0.2) is 8.78 Å². The molecule has 0 unspecified atom stereocenters. The summed E-state index contributed by atoms with van der Waals surface area (Å²) >= 11 is 1.08. The first-order chi connectivity index (χ1) is 7.49. The first-order valence-corrected chi connectivity index (χ1v) is 5.30. The quantitative estimate of drug-likeness (QED) is 0.695. The highest BCUT2D eigenvalue weighted by Gasteiger charge is 2.10. The van der Waals surface area contributed by atoms with Crippen molar-refractivity contribution in [2.45, 2.75) is 6.92 Å². The molecule has 0 aliphatic carbocycles. The van der Waals surface area contributed by atoms with Crippen molar-refractivity contribution >= 4 is 27.5 Å². The summed E-state index contributed by atoms with van der Waals surface area (Å²) in [6.07, 6.45) is 0. The number of carbonyl (C=O) groups excluding carboxylic acids is 1. The van der Waals surface area contributed by atoms with Crippen molar-refractivity contribution in [3.05, 3.63) is 28.6 Å². The number of hydrogen-bond acceptors (Lipinski definition) is 2. The summed E-state index contributed by atoms with van der Waals surface area (Å²) in [7, 11) is 1.58. The van der Waals surface area contributed by atoms with Gasteiger partial charge in [-0.1, -0.05) is 11.3 Å². The number of halogens is 2. The highest BCUT2D eigenvalue weighted by atomic mass is 32.1. The van der Waals surface area contributed by atoms with Gasteiger partial charge in [0.2, 0.25) is 5.91 Å². The highest BCUT2D eigenvalue weighted by Crippen LogP contribution is 2.21. The van der Waals surface area contributed by atoms with Crippen LogP contribution in [0.5, 0.6) is 0 Å². The monoisotopic (exact) mass is 242 g/mol. The third-order valence-electron chi connectivity index (χ3n) is 2.07. The van der Waals surface area contributed by atoms with Crippen molar-refractivity contribution in [3.63, 3.8) is 0 Å². The minimum atomic E-state index is -0.654. The first-order valence-electron chi connectivity index (χ1n) is 4.49. The van der Waals surface area contributed by atoms with Crippen LogP contribution in [0.1, 0.15) is 6.92 Å². The molecule has 3 nitrogen and oxygen atoms in total. The lowest BCUT2D eigenvalue weighted by molar-refractivity contribution is -0.116. The van der Waals surface area contributed by atoms with Crippen LogP contribution in [0.4, 0.5) is 8.78 Å². The van der Waals surface area contributed by atoms with Crippen LogP contribution in [0.15, 0.2) is 17.1 Å². The van der Waals surface area contributed by atoms with E-state index < -0.39 is 11.6 Å². The zero-order valence-corrected chi connectivity index (χ0v) is 9.44. The van der Waals surface area contributed by atoms with E-state index in [2.05, 4.69) is 4.99 Å². The van der Waals surface area contributed by atoms with E-state index >= 15 is 0 Å². The number of aryl methyl sites for hydroxylation is 1. The Morgan fingerprint density at radius 2 is 2.12 bits per heavy atom. The average molecular weight is 242 g/mol. The van der Waals surface area contributed by atoms with Crippen LogP contribution in [0.3, 0.4) is 0 Å². The van der Waals surface area contributed by atoms with Gasteiger partial charge >= 0.3 is 0 Å². The third kappa shape index (κ3) is 1.76. The Hall–Kier alpha value is -1.56. The van der Waals surface area contributed by atoms with Crippen molar-refractivity contribution in [3.8, 4) is 0 Å². The summed E-state index contributed by atoms with van der Waals surface area (Å²) in [6.45, 7) is 1.31. The zero-order valence-electron chi connectivity index (χ0n) is 8.62. The first kappa shape index (κ1) is 10.9. The molecule has 16 heavy (non-hydrogen) atoms. The van der Waals surface area contributed by atoms with Crippen molar-refractivity contribution < 1.29 is 13.6 Å². The van der Waals surface area contributed by atoms with Crippen LogP contribution in [0.2, 0.25) is 0 Å². The molecule has 1 aromatic carbocycles. The summed E-state index contributed by atoms with van der Waals surface area (Å²) in [6, 6.07) is 2.04. The second-order valence-corrected chi connectivity index (χ2v) is 4.32. The number of amides is 1. The maximum Gasteiger partial charge on any atom is 0.245 e. The average Bonchev–Trinajstić information content (AvgIpc) is 2.41. The number of fused-ring (bicyclic) bond motifs is 1. The highest BCUT2D eigenvalue weighted by molar-refractivity contribution is 7.16. The summed E-state index contributed by atoms with van der Waals surface area (Å²) in [5.41, 5.74) is 0.256. The van der Waals surface area contributed by atoms with Crippen molar-refractivity contribution in [1.29, 1.82) is 0 Å². The molecule has 0 fully saturated rings. The Morgan fingerprint density at radius 1 is 1.44 bits per heavy atom. The zero-order chi connectivity index (χ0) is 11.9. The van der Waals surface area contributed by atoms with Crippen molar-refractivity contribution in [2.24, 2.45) is 12.0 Å². The van der Waals surface area contributed by atoms with Gasteiger partial charge < -0.3 is 4.57 Å². The molecule has 0 bridgehead atoms. The SMILES string of the molecule is CC(=O)N=c1sc2cc(F)cc(F)c2n1C. The lowest BCUT2D eigenvalue weighted by Gasteiger charge is -1.96. The lowest BCUT2D eigenvalue weighted by Crippen LogP contribution is -2.12. The third-order valence-corrected chi connectivity index (χ3v) is 3.15. The molecular formula is C10H8F2N2OS. The maximum atomic E-state index is 13.5. The molecule has 1 aromatic heterocycles. The largest absolute Gasteiger partial charge is 0.317 e. The van der Waals surface area contributed by atoms with E-state index in [9.17, 15) is 13.6 Å². The fourth-order valence-corrected chi connectivity index (χ4v) is 2.54. The van der Waals surface area contributed by atoms with Gasteiger partial charge in [-0.2, -0.15) is 4.99 Å². The normalized spacial score (nSPS) is 12.4. The topological polar surface area (TPSA) is 34.4 Å². The predicted octanol–water partition coefficient (Wildman–Crippen LogP) is 1.97. The smallest absolute Gasteiger partial charge is 0.245 e. The molecule has 0 saturated heterocycles. The summed E-state index contributed by atoms with van der Waals surface area (Å²) in [5, 5.41) is 0. The molecule has 0 saturated carbocycles. The maximum absolute atomic E-state index is 13.5. The van der Waals surface area contributed by atoms with Gasteiger partial charge in [-0.15, -0.1) is 0 Å². The fraction of sp³-hybridized carbons (Fsp3) is 0.200. The van der Waals surface area contributed by atoms with Crippen LogP contribution < -0.4 is 4.80 Å². The van der Waals surface area contributed by atoms with Crippen LogP contribution in [0, 0.1) is 11.6 Å². The van der Waals surface area contributed by atoms with Gasteiger partial charge in [-0.05, 0) is 6.07 Å². The van der Waals surface area contributed by atoms with Gasteiger partial charge in [0.15, 0.2) is 10.6 Å². The van der Waals surface area contributed by atoms with Crippen LogP contribution >= 0.6 is 11.3 Å². The number of benzene rings is 1. The molecule has 0 spiro atoms. The summed E-state index contributed by atoms with van der Waals surface area (Å²) < 4.78 is 28.3. The number of hydrogen-bond donors (Lipinski definition) is 0. The number of rotatable bonds is 0. The van der Waals surface area contributed by atoms with E-state index in [1.807, 2.05) is 0 Å². The van der Waals surface area contributed by atoms with E-state index in [0.29, 0.717) is 9.50 Å². The number of aromatic nitrogens is 1. The standard InChI is InChI=1S/C10H8F2N2OS/c1-5(15)13-10-14(2)9-7(12)3-6(11)4-8(9)16-10/h3-4H,1-2H3. The van der Waals surface area contributed by atoms with E-state index in [1.54, 1.807) is 7.05 Å². The molecule has 2 aromatic rings. The van der Waals surface area contributed by atoms with Gasteiger partial charge in [0.1, 0.15) is 5.82 Å². The molecule has 0 aliphatic rings. The van der Waals surface area contributed by atoms with Crippen molar-refractivity contribution in [1.82, 2.24) is 4.57 Å². The van der Waals surface area contributed by atoms with Gasteiger partial charge in [-0.3, -0.25) is 4.79 Å². The second kappa shape index (κ2) is 3.79. The van der Waals surface area contributed by atoms with Crippen LogP contribution in [0.25, 0.3) is 10.2 Å². The molecule has 6 heteroatoms. The molecular weight excluding hydrogens is 234 g/mol. The van der Waals surface area contributed by atoms with Gasteiger partial charge in [0, 0.05) is 20.0 Å². The second-order valence-electron chi connectivity index (χ2n) is 3.31. The minimum absolute atomic E-state index is 0.256. The Morgan fingerprint density at radius 3 is 2.75 bits per heavy atom. The van der Waals surface area contributed by atoms with Gasteiger partial charge in [0.05, 0.1) is 10.2 Å². The molecule has 0 N–H and O–H groups in total. The number of thiazole rings is 1. The Bertz CT molecular complexity index is 642. The summed E-state index contributed by atoms with van der Waals surface area (Å²) in [5.74, 6) is -1.66. The lowest BCUT2D eigenvalue weighted by atomic mass is 10.3.